The van der Waals surface area contributed by atoms with Crippen molar-refractivity contribution in [1.82, 2.24) is 10.2 Å². The Morgan fingerprint density at radius 3 is 3.07 bits per heavy atom. The molecule has 0 amide bonds. The molecule has 2 aliphatic heterocycles. The summed E-state index contributed by atoms with van der Waals surface area (Å²) in [4.78, 5) is 13.2. The summed E-state index contributed by atoms with van der Waals surface area (Å²) >= 11 is 0. The highest BCUT2D eigenvalue weighted by molar-refractivity contribution is 5.69. The van der Waals surface area contributed by atoms with Gasteiger partial charge in [-0.05, 0) is 25.8 Å². The van der Waals surface area contributed by atoms with Crippen LogP contribution in [0.5, 0.6) is 0 Å². The van der Waals surface area contributed by atoms with E-state index in [9.17, 15) is 4.79 Å². The fourth-order valence-corrected chi connectivity index (χ4v) is 2.74. The summed E-state index contributed by atoms with van der Waals surface area (Å²) in [5.74, 6) is -0.982. The fraction of sp³-hybridized carbons (Fsp3) is 0.909. The summed E-state index contributed by atoms with van der Waals surface area (Å²) in [5.41, 5.74) is 0. The average Bonchev–Trinajstić information content (AvgIpc) is 2.76. The minimum Gasteiger partial charge on any atom is -0.481 e. The van der Waals surface area contributed by atoms with Crippen LogP contribution in [-0.2, 0) is 4.79 Å². The summed E-state index contributed by atoms with van der Waals surface area (Å²) in [6.45, 7) is 4.78. The number of fused-ring (bicyclic) bond motifs is 1. The molecule has 0 saturated carbocycles. The molecule has 86 valence electrons. The number of nitrogens with one attached hydrogen (secondary N) is 1. The first-order chi connectivity index (χ1) is 7.18. The molecule has 0 aromatic carbocycles. The Kier molecular flexibility index (Phi) is 3.26. The lowest BCUT2D eigenvalue weighted by molar-refractivity contribution is -0.141. The minimum absolute atomic E-state index is 0.277. The molecule has 2 N–H and O–H groups in total. The SMILES string of the molecule is CC(CNC1CCN2CCCC12)C(=O)O. The first kappa shape index (κ1) is 10.9. The zero-order valence-corrected chi connectivity index (χ0v) is 9.28. The molecule has 2 aliphatic rings. The molecule has 2 saturated heterocycles. The molecule has 2 fully saturated rings. The number of carboxylic acid groups (broad SMARTS) is 1. The van der Waals surface area contributed by atoms with E-state index in [0.717, 1.165) is 0 Å². The smallest absolute Gasteiger partial charge is 0.307 e. The molecular formula is C11H20N2O2. The van der Waals surface area contributed by atoms with Crippen LogP contribution in [0.1, 0.15) is 26.2 Å². The van der Waals surface area contributed by atoms with Gasteiger partial charge in [0.05, 0.1) is 5.92 Å². The molecular weight excluding hydrogens is 192 g/mol. The van der Waals surface area contributed by atoms with Gasteiger partial charge in [-0.15, -0.1) is 0 Å². The Hall–Kier alpha value is -0.610. The van der Waals surface area contributed by atoms with Crippen LogP contribution in [0.25, 0.3) is 0 Å². The van der Waals surface area contributed by atoms with Crippen LogP contribution in [-0.4, -0.2) is 47.7 Å². The molecule has 0 aromatic heterocycles. The van der Waals surface area contributed by atoms with Gasteiger partial charge in [0.15, 0.2) is 0 Å². The molecule has 0 aliphatic carbocycles. The second kappa shape index (κ2) is 4.49. The fourth-order valence-electron chi connectivity index (χ4n) is 2.74. The Bertz CT molecular complexity index is 245. The third-order valence-electron chi connectivity index (χ3n) is 3.71. The first-order valence-electron chi connectivity index (χ1n) is 5.88. The van der Waals surface area contributed by atoms with Crippen LogP contribution in [0.3, 0.4) is 0 Å². The standard InChI is InChI=1S/C11H20N2O2/c1-8(11(14)15)7-12-9-4-6-13-5-2-3-10(9)13/h8-10,12H,2-7H2,1H3,(H,14,15). The van der Waals surface area contributed by atoms with Gasteiger partial charge >= 0.3 is 5.97 Å². The molecule has 0 bridgehead atoms. The van der Waals surface area contributed by atoms with Gasteiger partial charge in [0, 0.05) is 25.2 Å². The Morgan fingerprint density at radius 1 is 1.53 bits per heavy atom. The molecule has 4 heteroatoms. The molecule has 4 nitrogen and oxygen atoms in total. The lowest BCUT2D eigenvalue weighted by atomic mass is 10.1. The van der Waals surface area contributed by atoms with Gasteiger partial charge in [-0.2, -0.15) is 0 Å². The van der Waals surface area contributed by atoms with Crippen molar-refractivity contribution in [3.05, 3.63) is 0 Å². The van der Waals surface area contributed by atoms with Gasteiger partial charge in [-0.25, -0.2) is 0 Å². The van der Waals surface area contributed by atoms with Crippen molar-refractivity contribution < 1.29 is 9.90 Å². The molecule has 2 rings (SSSR count). The number of carbonyl (C=O) groups is 1. The van der Waals surface area contributed by atoms with Gasteiger partial charge in [0.25, 0.3) is 0 Å². The lowest BCUT2D eigenvalue weighted by Gasteiger charge is -2.22. The van der Waals surface area contributed by atoms with Crippen LogP contribution in [0, 0.1) is 5.92 Å². The van der Waals surface area contributed by atoms with Crippen molar-refractivity contribution in [2.75, 3.05) is 19.6 Å². The lowest BCUT2D eigenvalue weighted by Crippen LogP contribution is -2.41. The van der Waals surface area contributed by atoms with E-state index in [2.05, 4.69) is 10.2 Å². The van der Waals surface area contributed by atoms with Crippen LogP contribution >= 0.6 is 0 Å². The van der Waals surface area contributed by atoms with Crippen molar-refractivity contribution in [3.8, 4) is 0 Å². The third kappa shape index (κ3) is 2.32. The highest BCUT2D eigenvalue weighted by atomic mass is 16.4. The highest BCUT2D eigenvalue weighted by Crippen LogP contribution is 2.27. The predicted octanol–water partition coefficient (Wildman–Crippen LogP) is 0.533. The van der Waals surface area contributed by atoms with Crippen molar-refractivity contribution in [3.63, 3.8) is 0 Å². The van der Waals surface area contributed by atoms with E-state index in [1.165, 1.54) is 32.4 Å². The van der Waals surface area contributed by atoms with Crippen molar-refractivity contribution in [1.29, 1.82) is 0 Å². The maximum atomic E-state index is 10.7. The number of rotatable bonds is 4. The zero-order valence-electron chi connectivity index (χ0n) is 9.28. The number of aliphatic carboxylic acids is 1. The van der Waals surface area contributed by atoms with Gasteiger partial charge in [-0.1, -0.05) is 6.92 Å². The van der Waals surface area contributed by atoms with E-state index in [1.807, 2.05) is 0 Å². The third-order valence-corrected chi connectivity index (χ3v) is 3.71. The Morgan fingerprint density at radius 2 is 2.33 bits per heavy atom. The van der Waals surface area contributed by atoms with Gasteiger partial charge in [0.1, 0.15) is 0 Å². The molecule has 0 spiro atoms. The summed E-state index contributed by atoms with van der Waals surface area (Å²) in [5, 5.41) is 12.2. The van der Waals surface area contributed by atoms with Gasteiger partial charge in [-0.3, -0.25) is 9.69 Å². The molecule has 3 unspecified atom stereocenters. The van der Waals surface area contributed by atoms with Gasteiger partial charge < -0.3 is 10.4 Å². The van der Waals surface area contributed by atoms with Crippen LogP contribution < -0.4 is 5.32 Å². The molecule has 0 aromatic rings. The Labute approximate surface area is 90.6 Å². The Balaban J connectivity index is 1.78. The predicted molar refractivity (Wildman–Crippen MR) is 57.8 cm³/mol. The van der Waals surface area contributed by atoms with Crippen molar-refractivity contribution >= 4 is 5.97 Å². The maximum Gasteiger partial charge on any atom is 0.307 e. The number of hydrogen-bond donors (Lipinski definition) is 2. The van der Waals surface area contributed by atoms with E-state index < -0.39 is 5.97 Å². The normalized spacial score (nSPS) is 32.9. The number of nitrogens with zero attached hydrogens (tertiary/aromatic N) is 1. The second-order valence-corrected chi connectivity index (χ2v) is 4.79. The summed E-state index contributed by atoms with van der Waals surface area (Å²) < 4.78 is 0. The van der Waals surface area contributed by atoms with E-state index in [-0.39, 0.29) is 5.92 Å². The largest absolute Gasteiger partial charge is 0.481 e. The zero-order chi connectivity index (χ0) is 10.8. The van der Waals surface area contributed by atoms with E-state index in [1.54, 1.807) is 6.92 Å². The number of carboxylic acids is 1. The van der Waals surface area contributed by atoms with E-state index >= 15 is 0 Å². The van der Waals surface area contributed by atoms with E-state index in [4.69, 9.17) is 5.11 Å². The molecule has 0 radical (unpaired) electrons. The number of hydrogen-bond acceptors (Lipinski definition) is 3. The topological polar surface area (TPSA) is 52.6 Å². The monoisotopic (exact) mass is 212 g/mol. The molecule has 3 atom stereocenters. The van der Waals surface area contributed by atoms with Crippen molar-refractivity contribution in [2.45, 2.75) is 38.3 Å². The molecule has 2 heterocycles. The summed E-state index contributed by atoms with van der Waals surface area (Å²) in [6, 6.07) is 1.19. The van der Waals surface area contributed by atoms with Crippen LogP contribution in [0.2, 0.25) is 0 Å². The van der Waals surface area contributed by atoms with Crippen LogP contribution in [0.4, 0.5) is 0 Å². The maximum absolute atomic E-state index is 10.7. The van der Waals surface area contributed by atoms with E-state index in [0.29, 0.717) is 18.6 Å². The first-order valence-corrected chi connectivity index (χ1v) is 5.88. The highest BCUT2D eigenvalue weighted by Gasteiger charge is 2.36. The summed E-state index contributed by atoms with van der Waals surface area (Å²) in [6.07, 6.45) is 3.76. The average molecular weight is 212 g/mol. The molecule has 15 heavy (non-hydrogen) atoms. The minimum atomic E-state index is -0.705. The second-order valence-electron chi connectivity index (χ2n) is 4.79. The quantitative estimate of drug-likeness (QED) is 0.714. The van der Waals surface area contributed by atoms with Gasteiger partial charge in [0.2, 0.25) is 0 Å². The van der Waals surface area contributed by atoms with Crippen molar-refractivity contribution in [2.24, 2.45) is 5.92 Å². The summed E-state index contributed by atoms with van der Waals surface area (Å²) in [7, 11) is 0. The van der Waals surface area contributed by atoms with Crippen LogP contribution in [0.15, 0.2) is 0 Å².